The molecule has 3 rings (SSSR count). The summed E-state index contributed by atoms with van der Waals surface area (Å²) in [6.45, 7) is 0. The number of nitrogens with two attached hydrogens (primary N) is 1. The van der Waals surface area contributed by atoms with Gasteiger partial charge in [-0.25, -0.2) is 5.10 Å². The zero-order chi connectivity index (χ0) is 13.1. The van der Waals surface area contributed by atoms with Crippen LogP contribution in [0.25, 0.3) is 0 Å². The first-order valence-corrected chi connectivity index (χ1v) is 6.87. The number of nitrogens with zero attached hydrogens (tertiary/aromatic N) is 2. The molecule has 5 nitrogen and oxygen atoms in total. The van der Waals surface area contributed by atoms with Crippen molar-refractivity contribution in [2.45, 2.75) is 38.0 Å². The van der Waals surface area contributed by atoms with Crippen LogP contribution in [-0.4, -0.2) is 15.2 Å². The van der Waals surface area contributed by atoms with Crippen molar-refractivity contribution in [1.29, 1.82) is 0 Å². The van der Waals surface area contributed by atoms with Crippen LogP contribution >= 0.6 is 0 Å². The number of nitrogen functional groups attached to an aromatic ring is 1. The number of para-hydroxylation sites is 1. The predicted octanol–water partition coefficient (Wildman–Crippen LogP) is 3.18. The van der Waals surface area contributed by atoms with Gasteiger partial charge in [0.1, 0.15) is 0 Å². The Bertz CT molecular complexity index is 542. The fourth-order valence-electron chi connectivity index (χ4n) is 2.83. The van der Waals surface area contributed by atoms with E-state index in [2.05, 4.69) is 38.7 Å². The van der Waals surface area contributed by atoms with Crippen molar-refractivity contribution in [3.8, 4) is 0 Å². The molecule has 0 atom stereocenters. The topological polar surface area (TPSA) is 79.6 Å². The number of aromatic nitrogens is 3. The summed E-state index contributed by atoms with van der Waals surface area (Å²) in [6.07, 6.45) is 6.56. The molecule has 4 N–H and O–H groups in total. The van der Waals surface area contributed by atoms with Crippen molar-refractivity contribution >= 4 is 17.6 Å². The number of nitrogens with one attached hydrogen (secondary N) is 2. The van der Waals surface area contributed by atoms with Gasteiger partial charge in [-0.1, -0.05) is 37.5 Å². The molecule has 1 aromatic heterocycles. The largest absolute Gasteiger partial charge is 0.368 e. The molecular formula is C14H19N5. The number of benzene rings is 1. The normalized spacial score (nSPS) is 16.4. The lowest BCUT2D eigenvalue weighted by molar-refractivity contribution is 0.444. The fraction of sp³-hybridized carbons (Fsp3) is 0.429. The molecule has 1 fully saturated rings. The zero-order valence-corrected chi connectivity index (χ0v) is 10.9. The molecular weight excluding hydrogens is 238 g/mol. The summed E-state index contributed by atoms with van der Waals surface area (Å²) in [4.78, 5) is 4.09. The van der Waals surface area contributed by atoms with E-state index >= 15 is 0 Å². The molecule has 5 heteroatoms. The Labute approximate surface area is 112 Å². The van der Waals surface area contributed by atoms with Crippen LogP contribution in [-0.2, 0) is 0 Å². The number of rotatable bonds is 3. The van der Waals surface area contributed by atoms with E-state index in [0.717, 1.165) is 5.69 Å². The van der Waals surface area contributed by atoms with E-state index in [1.807, 2.05) is 6.07 Å². The highest BCUT2D eigenvalue weighted by Crippen LogP contribution is 2.36. The SMILES string of the molecule is Nc1nc(Nc2ccccc2C2CCCCC2)n[nH]1. The molecule has 0 amide bonds. The highest BCUT2D eigenvalue weighted by molar-refractivity contribution is 5.60. The van der Waals surface area contributed by atoms with Gasteiger partial charge in [0.05, 0.1) is 0 Å². The smallest absolute Gasteiger partial charge is 0.248 e. The third-order valence-corrected chi connectivity index (χ3v) is 3.75. The summed E-state index contributed by atoms with van der Waals surface area (Å²) in [5.41, 5.74) is 8.00. The quantitative estimate of drug-likeness (QED) is 0.789. The molecule has 1 saturated carbocycles. The van der Waals surface area contributed by atoms with E-state index < -0.39 is 0 Å². The van der Waals surface area contributed by atoms with Crippen LogP contribution in [0.2, 0.25) is 0 Å². The molecule has 1 heterocycles. The number of hydrogen-bond acceptors (Lipinski definition) is 4. The van der Waals surface area contributed by atoms with Gasteiger partial charge in [-0.15, -0.1) is 5.10 Å². The second-order valence-corrected chi connectivity index (χ2v) is 5.09. The van der Waals surface area contributed by atoms with Crippen molar-refractivity contribution < 1.29 is 0 Å². The Kier molecular flexibility index (Phi) is 3.35. The molecule has 1 aliphatic rings. The molecule has 0 saturated heterocycles. The van der Waals surface area contributed by atoms with Crippen LogP contribution in [0.1, 0.15) is 43.6 Å². The second-order valence-electron chi connectivity index (χ2n) is 5.09. The number of hydrogen-bond donors (Lipinski definition) is 3. The van der Waals surface area contributed by atoms with Crippen LogP contribution in [0, 0.1) is 0 Å². The summed E-state index contributed by atoms with van der Waals surface area (Å²) in [5, 5.41) is 9.92. The average Bonchev–Trinajstić information content (AvgIpc) is 2.86. The lowest BCUT2D eigenvalue weighted by atomic mass is 9.83. The van der Waals surface area contributed by atoms with E-state index in [1.54, 1.807) is 0 Å². The maximum atomic E-state index is 5.54. The Morgan fingerprint density at radius 3 is 2.68 bits per heavy atom. The van der Waals surface area contributed by atoms with Gasteiger partial charge in [-0.05, 0) is 30.4 Å². The van der Waals surface area contributed by atoms with E-state index in [0.29, 0.717) is 17.8 Å². The van der Waals surface area contributed by atoms with Crippen LogP contribution < -0.4 is 11.1 Å². The summed E-state index contributed by atoms with van der Waals surface area (Å²) >= 11 is 0. The second kappa shape index (κ2) is 5.30. The lowest BCUT2D eigenvalue weighted by Crippen LogP contribution is -2.07. The van der Waals surface area contributed by atoms with E-state index in [9.17, 15) is 0 Å². The summed E-state index contributed by atoms with van der Waals surface area (Å²) < 4.78 is 0. The molecule has 1 aromatic carbocycles. The van der Waals surface area contributed by atoms with Gasteiger partial charge in [-0.3, -0.25) is 0 Å². The van der Waals surface area contributed by atoms with Crippen molar-refractivity contribution in [2.75, 3.05) is 11.1 Å². The van der Waals surface area contributed by atoms with Crippen LogP contribution in [0.5, 0.6) is 0 Å². The van der Waals surface area contributed by atoms with E-state index in [1.165, 1.54) is 37.7 Å². The van der Waals surface area contributed by atoms with Crippen LogP contribution in [0.15, 0.2) is 24.3 Å². The maximum absolute atomic E-state index is 5.54. The Morgan fingerprint density at radius 1 is 1.16 bits per heavy atom. The first-order chi connectivity index (χ1) is 9.33. The highest BCUT2D eigenvalue weighted by Gasteiger charge is 2.18. The first kappa shape index (κ1) is 12.0. The molecule has 19 heavy (non-hydrogen) atoms. The minimum absolute atomic E-state index is 0.331. The Hall–Kier alpha value is -2.04. The van der Waals surface area contributed by atoms with Gasteiger partial charge in [0.15, 0.2) is 0 Å². The van der Waals surface area contributed by atoms with Crippen molar-refractivity contribution in [2.24, 2.45) is 0 Å². The molecule has 2 aromatic rings. The first-order valence-electron chi connectivity index (χ1n) is 6.87. The van der Waals surface area contributed by atoms with Crippen LogP contribution in [0.3, 0.4) is 0 Å². The number of aromatic amines is 1. The van der Waals surface area contributed by atoms with Gasteiger partial charge in [-0.2, -0.15) is 4.98 Å². The minimum atomic E-state index is 0.331. The van der Waals surface area contributed by atoms with Gasteiger partial charge in [0.2, 0.25) is 11.9 Å². The highest BCUT2D eigenvalue weighted by atomic mass is 15.3. The molecule has 100 valence electrons. The number of anilines is 3. The van der Waals surface area contributed by atoms with Gasteiger partial charge >= 0.3 is 0 Å². The third kappa shape index (κ3) is 2.70. The van der Waals surface area contributed by atoms with Crippen LogP contribution in [0.4, 0.5) is 17.6 Å². The van der Waals surface area contributed by atoms with Gasteiger partial charge < -0.3 is 11.1 Å². The third-order valence-electron chi connectivity index (χ3n) is 3.75. The molecule has 0 bridgehead atoms. The number of H-pyrrole nitrogens is 1. The molecule has 0 aliphatic heterocycles. The summed E-state index contributed by atoms with van der Waals surface area (Å²) in [6, 6.07) is 8.41. The van der Waals surface area contributed by atoms with Gasteiger partial charge in [0, 0.05) is 5.69 Å². The monoisotopic (exact) mass is 257 g/mol. The van der Waals surface area contributed by atoms with Crippen molar-refractivity contribution in [3.05, 3.63) is 29.8 Å². The minimum Gasteiger partial charge on any atom is -0.368 e. The molecule has 0 radical (unpaired) electrons. The van der Waals surface area contributed by atoms with Gasteiger partial charge in [0.25, 0.3) is 0 Å². The van der Waals surface area contributed by atoms with E-state index in [-0.39, 0.29) is 0 Å². The summed E-state index contributed by atoms with van der Waals surface area (Å²) in [5.74, 6) is 1.51. The summed E-state index contributed by atoms with van der Waals surface area (Å²) in [7, 11) is 0. The van der Waals surface area contributed by atoms with E-state index in [4.69, 9.17) is 5.73 Å². The predicted molar refractivity (Wildman–Crippen MR) is 76.3 cm³/mol. The Balaban J connectivity index is 1.84. The fourth-order valence-corrected chi connectivity index (χ4v) is 2.83. The average molecular weight is 257 g/mol. The molecule has 0 unspecified atom stereocenters. The molecule has 0 spiro atoms. The lowest BCUT2D eigenvalue weighted by Gasteiger charge is -2.24. The van der Waals surface area contributed by atoms with Crippen molar-refractivity contribution in [3.63, 3.8) is 0 Å². The molecule has 1 aliphatic carbocycles. The zero-order valence-electron chi connectivity index (χ0n) is 10.9. The Morgan fingerprint density at radius 2 is 1.95 bits per heavy atom. The standard InChI is InChI=1S/C14H19N5/c15-13-17-14(19-18-13)16-12-9-5-4-8-11(12)10-6-2-1-3-7-10/h4-5,8-10H,1-3,6-7H2,(H4,15,16,17,18,19). The van der Waals surface area contributed by atoms with Crippen molar-refractivity contribution in [1.82, 2.24) is 15.2 Å². The maximum Gasteiger partial charge on any atom is 0.248 e.